The Hall–Kier alpha value is -2.89. The molecular formula is C21H22N2O4. The number of aliphatic carboxylic acids is 1. The van der Waals surface area contributed by atoms with Crippen molar-refractivity contribution in [1.82, 2.24) is 4.90 Å². The first-order valence-electron chi connectivity index (χ1n) is 9.34. The summed E-state index contributed by atoms with van der Waals surface area (Å²) in [4.78, 5) is 40.0. The van der Waals surface area contributed by atoms with Gasteiger partial charge in [0.25, 0.3) is 0 Å². The van der Waals surface area contributed by atoms with Gasteiger partial charge >= 0.3 is 5.97 Å². The highest BCUT2D eigenvalue weighted by Crippen LogP contribution is 2.32. The maximum Gasteiger partial charge on any atom is 0.306 e. The van der Waals surface area contributed by atoms with Crippen molar-refractivity contribution < 1.29 is 19.5 Å². The van der Waals surface area contributed by atoms with Crippen molar-refractivity contribution in [3.8, 4) is 0 Å². The number of carboxylic acid groups (broad SMARTS) is 1. The Kier molecular flexibility index (Phi) is 4.56. The number of nitrogens with zero attached hydrogens (tertiary/aromatic N) is 2. The molecule has 1 unspecified atom stereocenters. The van der Waals surface area contributed by atoms with Crippen molar-refractivity contribution in [2.24, 2.45) is 11.8 Å². The molecule has 2 aliphatic rings. The molecule has 2 aromatic carbocycles. The van der Waals surface area contributed by atoms with Gasteiger partial charge in [-0.1, -0.05) is 36.4 Å². The Balaban J connectivity index is 1.49. The van der Waals surface area contributed by atoms with E-state index in [0.717, 1.165) is 16.5 Å². The molecule has 2 saturated heterocycles. The predicted octanol–water partition coefficient (Wildman–Crippen LogP) is 2.52. The number of hydrogen-bond acceptors (Lipinski definition) is 3. The summed E-state index contributed by atoms with van der Waals surface area (Å²) in [7, 11) is 0. The Morgan fingerprint density at radius 2 is 1.67 bits per heavy atom. The van der Waals surface area contributed by atoms with Crippen LogP contribution in [0, 0.1) is 11.8 Å². The van der Waals surface area contributed by atoms with E-state index in [-0.39, 0.29) is 30.1 Å². The summed E-state index contributed by atoms with van der Waals surface area (Å²) < 4.78 is 0. The summed E-state index contributed by atoms with van der Waals surface area (Å²) in [5, 5.41) is 11.2. The largest absolute Gasteiger partial charge is 0.481 e. The minimum Gasteiger partial charge on any atom is -0.481 e. The van der Waals surface area contributed by atoms with E-state index in [1.165, 1.54) is 0 Å². The first-order valence-corrected chi connectivity index (χ1v) is 9.34. The van der Waals surface area contributed by atoms with E-state index in [1.807, 2.05) is 42.5 Å². The summed E-state index contributed by atoms with van der Waals surface area (Å²) in [5.41, 5.74) is 0.845. The normalized spacial score (nSPS) is 21.0. The minimum absolute atomic E-state index is 0.0325. The molecule has 27 heavy (non-hydrogen) atoms. The molecule has 6 nitrogen and oxygen atoms in total. The number of piperidine rings is 1. The van der Waals surface area contributed by atoms with Crippen molar-refractivity contribution in [3.63, 3.8) is 0 Å². The molecule has 0 bridgehead atoms. The van der Waals surface area contributed by atoms with Gasteiger partial charge in [0, 0.05) is 31.4 Å². The average Bonchev–Trinajstić information content (AvgIpc) is 3.08. The molecule has 4 rings (SSSR count). The second-order valence-corrected chi connectivity index (χ2v) is 7.34. The van der Waals surface area contributed by atoms with Gasteiger partial charge < -0.3 is 14.9 Å². The maximum absolute atomic E-state index is 12.9. The van der Waals surface area contributed by atoms with Crippen LogP contribution in [0.1, 0.15) is 19.3 Å². The molecule has 6 heteroatoms. The fraction of sp³-hybridized carbons (Fsp3) is 0.381. The van der Waals surface area contributed by atoms with Crippen LogP contribution in [-0.2, 0) is 14.4 Å². The van der Waals surface area contributed by atoms with Crippen LogP contribution < -0.4 is 4.90 Å². The highest BCUT2D eigenvalue weighted by molar-refractivity contribution is 6.07. The van der Waals surface area contributed by atoms with Crippen molar-refractivity contribution in [3.05, 3.63) is 42.5 Å². The highest BCUT2D eigenvalue weighted by Gasteiger charge is 2.39. The summed E-state index contributed by atoms with van der Waals surface area (Å²) in [6.07, 6.45) is 1.17. The van der Waals surface area contributed by atoms with Gasteiger partial charge in [0.1, 0.15) is 0 Å². The minimum atomic E-state index is -0.791. The number of carbonyl (C=O) groups excluding carboxylic acids is 2. The standard InChI is InChI=1S/C21H22N2O4/c24-19-12-16(20(25)22-10-8-15(9-11-22)21(26)27)13-23(19)18-7-3-5-14-4-1-2-6-17(14)18/h1-7,15-16H,8-13H2,(H,26,27). The van der Waals surface area contributed by atoms with E-state index in [0.29, 0.717) is 32.5 Å². The third-order valence-corrected chi connectivity index (χ3v) is 5.69. The van der Waals surface area contributed by atoms with Crippen LogP contribution in [0.2, 0.25) is 0 Å². The quantitative estimate of drug-likeness (QED) is 0.905. The summed E-state index contributed by atoms with van der Waals surface area (Å²) >= 11 is 0. The molecule has 2 amide bonds. The van der Waals surface area contributed by atoms with Crippen molar-refractivity contribution in [2.75, 3.05) is 24.5 Å². The molecule has 0 saturated carbocycles. The number of hydrogen-bond donors (Lipinski definition) is 1. The number of rotatable bonds is 3. The Morgan fingerprint density at radius 1 is 0.963 bits per heavy atom. The van der Waals surface area contributed by atoms with Crippen LogP contribution in [0.25, 0.3) is 10.8 Å². The molecule has 1 N–H and O–H groups in total. The average molecular weight is 366 g/mol. The zero-order valence-electron chi connectivity index (χ0n) is 15.0. The van der Waals surface area contributed by atoms with Gasteiger partial charge in [-0.05, 0) is 24.3 Å². The van der Waals surface area contributed by atoms with Gasteiger partial charge in [0.05, 0.1) is 17.5 Å². The molecule has 0 aromatic heterocycles. The zero-order valence-corrected chi connectivity index (χ0v) is 15.0. The van der Waals surface area contributed by atoms with Crippen molar-refractivity contribution in [2.45, 2.75) is 19.3 Å². The zero-order chi connectivity index (χ0) is 19.0. The van der Waals surface area contributed by atoms with Gasteiger partial charge in [-0.25, -0.2) is 0 Å². The van der Waals surface area contributed by atoms with Crippen LogP contribution >= 0.6 is 0 Å². The molecule has 2 fully saturated rings. The molecule has 2 heterocycles. The third kappa shape index (κ3) is 3.27. The lowest BCUT2D eigenvalue weighted by atomic mass is 9.95. The number of anilines is 1. The molecule has 0 aliphatic carbocycles. The van der Waals surface area contributed by atoms with Crippen LogP contribution in [0.5, 0.6) is 0 Å². The fourth-order valence-corrected chi connectivity index (χ4v) is 4.15. The van der Waals surface area contributed by atoms with E-state index in [9.17, 15) is 14.4 Å². The molecule has 2 aromatic rings. The Labute approximate surface area is 157 Å². The van der Waals surface area contributed by atoms with Gasteiger partial charge in [0.15, 0.2) is 0 Å². The lowest BCUT2D eigenvalue weighted by Gasteiger charge is -2.31. The number of carbonyl (C=O) groups is 3. The van der Waals surface area contributed by atoms with E-state index >= 15 is 0 Å². The Bertz CT molecular complexity index is 897. The third-order valence-electron chi connectivity index (χ3n) is 5.69. The second-order valence-electron chi connectivity index (χ2n) is 7.34. The summed E-state index contributed by atoms with van der Waals surface area (Å²) in [5.74, 6) is -1.59. The molecule has 0 spiro atoms. The van der Waals surface area contributed by atoms with E-state index in [4.69, 9.17) is 5.11 Å². The molecular weight excluding hydrogens is 344 g/mol. The van der Waals surface area contributed by atoms with Gasteiger partial charge in [-0.3, -0.25) is 14.4 Å². The number of amides is 2. The van der Waals surface area contributed by atoms with Crippen LogP contribution in [-0.4, -0.2) is 47.4 Å². The number of benzene rings is 2. The van der Waals surface area contributed by atoms with Gasteiger partial charge in [0.2, 0.25) is 11.8 Å². The lowest BCUT2D eigenvalue weighted by Crippen LogP contribution is -2.43. The number of likely N-dealkylation sites (tertiary alicyclic amines) is 1. The van der Waals surface area contributed by atoms with Crippen LogP contribution in [0.15, 0.2) is 42.5 Å². The van der Waals surface area contributed by atoms with Crippen LogP contribution in [0.3, 0.4) is 0 Å². The maximum atomic E-state index is 12.9. The first-order chi connectivity index (χ1) is 13.0. The van der Waals surface area contributed by atoms with Gasteiger partial charge in [-0.2, -0.15) is 0 Å². The topological polar surface area (TPSA) is 77.9 Å². The first kappa shape index (κ1) is 17.5. The number of fused-ring (bicyclic) bond motifs is 1. The highest BCUT2D eigenvalue weighted by atomic mass is 16.4. The lowest BCUT2D eigenvalue weighted by molar-refractivity contribution is -0.146. The predicted molar refractivity (Wildman–Crippen MR) is 101 cm³/mol. The summed E-state index contributed by atoms with van der Waals surface area (Å²) in [6, 6.07) is 13.8. The molecule has 0 radical (unpaired) electrons. The second kappa shape index (κ2) is 7.02. The smallest absolute Gasteiger partial charge is 0.306 e. The molecule has 2 aliphatic heterocycles. The summed E-state index contributed by atoms with van der Waals surface area (Å²) in [6.45, 7) is 1.29. The van der Waals surface area contributed by atoms with Gasteiger partial charge in [-0.15, -0.1) is 0 Å². The van der Waals surface area contributed by atoms with Crippen LogP contribution in [0.4, 0.5) is 5.69 Å². The monoisotopic (exact) mass is 366 g/mol. The SMILES string of the molecule is O=C(O)C1CCN(C(=O)C2CC(=O)N(c3cccc4ccccc34)C2)CC1. The number of carboxylic acids is 1. The van der Waals surface area contributed by atoms with E-state index < -0.39 is 5.97 Å². The van der Waals surface area contributed by atoms with Crippen molar-refractivity contribution >= 4 is 34.2 Å². The molecule has 140 valence electrons. The van der Waals surface area contributed by atoms with E-state index in [2.05, 4.69) is 0 Å². The van der Waals surface area contributed by atoms with E-state index in [1.54, 1.807) is 9.80 Å². The van der Waals surface area contributed by atoms with Crippen molar-refractivity contribution in [1.29, 1.82) is 0 Å². The molecule has 1 atom stereocenters. The fourth-order valence-electron chi connectivity index (χ4n) is 4.15. The Morgan fingerprint density at radius 3 is 2.41 bits per heavy atom.